The van der Waals surface area contributed by atoms with Gasteiger partial charge >= 0.3 is 0 Å². The van der Waals surface area contributed by atoms with Gasteiger partial charge in [0.1, 0.15) is 24.2 Å². The lowest BCUT2D eigenvalue weighted by atomic mass is 10.1. The van der Waals surface area contributed by atoms with E-state index in [2.05, 4.69) is 21.7 Å². The lowest BCUT2D eigenvalue weighted by molar-refractivity contribution is 0.114. The fourth-order valence-corrected chi connectivity index (χ4v) is 2.71. The number of rotatable bonds is 10. The number of aliphatic hydroxyl groups is 1. The molecule has 160 valence electrons. The van der Waals surface area contributed by atoms with Crippen LogP contribution in [0.1, 0.15) is 18.1 Å². The van der Waals surface area contributed by atoms with Gasteiger partial charge in [-0.3, -0.25) is 4.99 Å². The van der Waals surface area contributed by atoms with E-state index >= 15 is 0 Å². The predicted octanol–water partition coefficient (Wildman–Crippen LogP) is 3.16. The summed E-state index contributed by atoms with van der Waals surface area (Å²) >= 11 is 0. The summed E-state index contributed by atoms with van der Waals surface area (Å²) in [7, 11) is 1.68. The van der Waals surface area contributed by atoms with Gasteiger partial charge in [0.15, 0.2) is 5.96 Å². The van der Waals surface area contributed by atoms with Crippen LogP contribution in [0.5, 0.6) is 11.5 Å². The summed E-state index contributed by atoms with van der Waals surface area (Å²) in [5, 5.41) is 16.6. The van der Waals surface area contributed by atoms with Crippen LogP contribution in [0.15, 0.2) is 53.5 Å². The number of hydrogen-bond donors (Lipinski definition) is 3. The minimum atomic E-state index is -0.676. The summed E-state index contributed by atoms with van der Waals surface area (Å²) in [5.41, 5.74) is 2.26. The maximum Gasteiger partial charge on any atom is 0.191 e. The van der Waals surface area contributed by atoms with Gasteiger partial charge in [0.05, 0.1) is 13.7 Å². The number of benzene rings is 2. The smallest absolute Gasteiger partial charge is 0.191 e. The number of guanidine groups is 1. The number of aliphatic imine (C=N–C) groups is 1. The Morgan fingerprint density at radius 1 is 1.14 bits per heavy atom. The standard InChI is InChI=1S/C22H31N3O3.HI/c1-4-23-22(24-13-12-18-9-5-6-11-21(18)27-3)25-15-19(26)16-28-20-10-7-8-17(2)14-20;/h5-11,14,19,26H,4,12-13,15-16H2,1-3H3,(H2,23,24,25);1H. The molecule has 0 aliphatic heterocycles. The minimum absolute atomic E-state index is 0. The van der Waals surface area contributed by atoms with Crippen molar-refractivity contribution >= 4 is 29.9 Å². The molecular weight excluding hydrogens is 481 g/mol. The van der Waals surface area contributed by atoms with Gasteiger partial charge < -0.3 is 25.2 Å². The van der Waals surface area contributed by atoms with E-state index < -0.39 is 6.10 Å². The summed E-state index contributed by atoms with van der Waals surface area (Å²) in [4.78, 5) is 4.45. The van der Waals surface area contributed by atoms with Crippen LogP contribution in [-0.2, 0) is 6.42 Å². The molecule has 7 heteroatoms. The van der Waals surface area contributed by atoms with E-state index in [0.29, 0.717) is 12.5 Å². The first-order valence-corrected chi connectivity index (χ1v) is 9.64. The Labute approximate surface area is 190 Å². The van der Waals surface area contributed by atoms with Gasteiger partial charge in [-0.15, -0.1) is 24.0 Å². The Balaban J connectivity index is 0.00000420. The molecule has 29 heavy (non-hydrogen) atoms. The van der Waals surface area contributed by atoms with Crippen molar-refractivity contribution in [3.63, 3.8) is 0 Å². The van der Waals surface area contributed by atoms with Gasteiger partial charge in [0.2, 0.25) is 0 Å². The number of methoxy groups -OCH3 is 1. The molecule has 0 aliphatic carbocycles. The molecule has 0 fully saturated rings. The lowest BCUT2D eigenvalue weighted by Gasteiger charge is -2.14. The van der Waals surface area contributed by atoms with E-state index in [1.165, 1.54) is 0 Å². The number of aliphatic hydroxyl groups excluding tert-OH is 1. The van der Waals surface area contributed by atoms with E-state index in [9.17, 15) is 5.11 Å². The number of aryl methyl sites for hydroxylation is 1. The Hall–Kier alpha value is -2.00. The molecule has 0 aliphatic rings. The predicted molar refractivity (Wildman–Crippen MR) is 129 cm³/mol. The van der Waals surface area contributed by atoms with Crippen LogP contribution >= 0.6 is 24.0 Å². The second-order valence-corrected chi connectivity index (χ2v) is 6.49. The van der Waals surface area contributed by atoms with Gasteiger partial charge in [0, 0.05) is 13.1 Å². The van der Waals surface area contributed by atoms with Crippen LogP contribution in [0.4, 0.5) is 0 Å². The quantitative estimate of drug-likeness (QED) is 0.259. The molecule has 6 nitrogen and oxygen atoms in total. The molecule has 2 aromatic rings. The molecule has 0 saturated carbocycles. The van der Waals surface area contributed by atoms with Crippen molar-refractivity contribution in [2.75, 3.05) is 33.4 Å². The number of nitrogens with zero attached hydrogens (tertiary/aromatic N) is 1. The SMILES string of the molecule is CCNC(=NCC(O)COc1cccc(C)c1)NCCc1ccccc1OC.I. The number of ether oxygens (including phenoxy) is 2. The van der Waals surface area contributed by atoms with Crippen LogP contribution in [0, 0.1) is 6.92 Å². The van der Waals surface area contributed by atoms with E-state index in [-0.39, 0.29) is 37.1 Å². The Morgan fingerprint density at radius 3 is 2.66 bits per heavy atom. The third-order valence-electron chi connectivity index (χ3n) is 4.12. The highest BCUT2D eigenvalue weighted by atomic mass is 127. The highest BCUT2D eigenvalue weighted by molar-refractivity contribution is 14.0. The Kier molecular flexibility index (Phi) is 12.1. The van der Waals surface area contributed by atoms with Gasteiger partial charge in [0.25, 0.3) is 0 Å². The molecule has 1 atom stereocenters. The summed E-state index contributed by atoms with van der Waals surface area (Å²) in [5.74, 6) is 2.31. The topological polar surface area (TPSA) is 75.1 Å². The maximum absolute atomic E-state index is 10.2. The van der Waals surface area contributed by atoms with Crippen LogP contribution in [0.2, 0.25) is 0 Å². The third-order valence-corrected chi connectivity index (χ3v) is 4.12. The fraction of sp³-hybridized carbons (Fsp3) is 0.409. The molecule has 0 bridgehead atoms. The van der Waals surface area contributed by atoms with Gasteiger partial charge in [-0.1, -0.05) is 30.3 Å². The number of hydrogen-bond acceptors (Lipinski definition) is 4. The third kappa shape index (κ3) is 9.36. The summed E-state index contributed by atoms with van der Waals surface area (Å²) < 4.78 is 11.0. The number of para-hydroxylation sites is 1. The Bertz CT molecular complexity index is 756. The van der Waals surface area contributed by atoms with Crippen molar-refractivity contribution in [1.29, 1.82) is 0 Å². The zero-order valence-corrected chi connectivity index (χ0v) is 19.7. The second kappa shape index (κ2) is 14.1. The highest BCUT2D eigenvalue weighted by Gasteiger charge is 2.07. The first-order valence-electron chi connectivity index (χ1n) is 9.64. The average Bonchev–Trinajstić information content (AvgIpc) is 2.71. The lowest BCUT2D eigenvalue weighted by Crippen LogP contribution is -2.39. The first kappa shape index (κ1) is 25.0. The summed E-state index contributed by atoms with van der Waals surface area (Å²) in [6, 6.07) is 15.7. The summed E-state index contributed by atoms with van der Waals surface area (Å²) in [6.45, 7) is 5.93. The van der Waals surface area contributed by atoms with E-state index in [4.69, 9.17) is 9.47 Å². The zero-order valence-electron chi connectivity index (χ0n) is 17.4. The molecule has 0 amide bonds. The van der Waals surface area contributed by atoms with E-state index in [0.717, 1.165) is 35.6 Å². The van der Waals surface area contributed by atoms with Crippen LogP contribution in [0.25, 0.3) is 0 Å². The normalized spacial score (nSPS) is 11.9. The highest BCUT2D eigenvalue weighted by Crippen LogP contribution is 2.17. The van der Waals surface area contributed by atoms with Crippen molar-refractivity contribution in [1.82, 2.24) is 10.6 Å². The molecule has 0 saturated heterocycles. The molecule has 2 rings (SSSR count). The van der Waals surface area contributed by atoms with Gasteiger partial charge in [-0.05, 0) is 49.6 Å². The van der Waals surface area contributed by atoms with Crippen molar-refractivity contribution in [3.05, 3.63) is 59.7 Å². The molecule has 0 heterocycles. The monoisotopic (exact) mass is 513 g/mol. The Morgan fingerprint density at radius 2 is 1.93 bits per heavy atom. The molecular formula is C22H32IN3O3. The molecule has 0 spiro atoms. The van der Waals surface area contributed by atoms with Crippen LogP contribution in [0.3, 0.4) is 0 Å². The minimum Gasteiger partial charge on any atom is -0.496 e. The van der Waals surface area contributed by atoms with Crippen molar-refractivity contribution in [2.45, 2.75) is 26.4 Å². The average molecular weight is 513 g/mol. The number of nitrogens with one attached hydrogen (secondary N) is 2. The molecule has 2 aromatic carbocycles. The van der Waals surface area contributed by atoms with Crippen LogP contribution in [-0.4, -0.2) is 50.5 Å². The second-order valence-electron chi connectivity index (χ2n) is 6.49. The fourth-order valence-electron chi connectivity index (χ4n) is 2.71. The molecule has 0 radical (unpaired) electrons. The summed E-state index contributed by atoms with van der Waals surface area (Å²) in [6.07, 6.45) is 0.137. The van der Waals surface area contributed by atoms with Crippen molar-refractivity contribution in [3.8, 4) is 11.5 Å². The van der Waals surface area contributed by atoms with Gasteiger partial charge in [-0.2, -0.15) is 0 Å². The molecule has 3 N–H and O–H groups in total. The molecule has 1 unspecified atom stereocenters. The van der Waals surface area contributed by atoms with E-state index in [1.807, 2.05) is 56.3 Å². The maximum atomic E-state index is 10.2. The number of halogens is 1. The van der Waals surface area contributed by atoms with Gasteiger partial charge in [-0.25, -0.2) is 0 Å². The largest absolute Gasteiger partial charge is 0.496 e. The molecule has 0 aromatic heterocycles. The zero-order chi connectivity index (χ0) is 20.2. The van der Waals surface area contributed by atoms with Crippen molar-refractivity contribution < 1.29 is 14.6 Å². The first-order chi connectivity index (χ1) is 13.6. The van der Waals surface area contributed by atoms with Crippen molar-refractivity contribution in [2.24, 2.45) is 4.99 Å². The van der Waals surface area contributed by atoms with Crippen LogP contribution < -0.4 is 20.1 Å². The van der Waals surface area contributed by atoms with E-state index in [1.54, 1.807) is 7.11 Å².